The van der Waals surface area contributed by atoms with E-state index in [0.29, 0.717) is 6.42 Å². The lowest BCUT2D eigenvalue weighted by atomic mass is 10.1. The number of aldehydes is 1. The summed E-state index contributed by atoms with van der Waals surface area (Å²) < 4.78 is 0. The molecule has 74 valence electrons. The zero-order chi connectivity index (χ0) is 10.7. The van der Waals surface area contributed by atoms with E-state index in [2.05, 4.69) is 17.2 Å². The van der Waals surface area contributed by atoms with Crippen LogP contribution in [0.25, 0.3) is 0 Å². The molecule has 1 heterocycles. The first-order chi connectivity index (χ1) is 7.29. The molecule has 2 rings (SSSR count). The van der Waals surface area contributed by atoms with Crippen LogP contribution in [0, 0.1) is 11.8 Å². The summed E-state index contributed by atoms with van der Waals surface area (Å²) in [7, 11) is 0. The van der Waals surface area contributed by atoms with Crippen molar-refractivity contribution in [3.05, 3.63) is 29.3 Å². The highest BCUT2D eigenvalue weighted by molar-refractivity contribution is 5.99. The minimum Gasteiger partial charge on any atom is -0.325 e. The lowest BCUT2D eigenvalue weighted by molar-refractivity contribution is -0.115. The Bertz CT molecular complexity index is 480. The van der Waals surface area contributed by atoms with Crippen LogP contribution in [0.15, 0.2) is 18.2 Å². The maximum absolute atomic E-state index is 11.1. The van der Waals surface area contributed by atoms with Crippen molar-refractivity contribution in [2.24, 2.45) is 0 Å². The van der Waals surface area contributed by atoms with Gasteiger partial charge in [0.1, 0.15) is 6.29 Å². The molecule has 0 fully saturated rings. The van der Waals surface area contributed by atoms with Crippen molar-refractivity contribution in [3.8, 4) is 11.8 Å². The minimum absolute atomic E-state index is 0.0167. The molecule has 1 aromatic carbocycles. The highest BCUT2D eigenvalue weighted by Crippen LogP contribution is 2.23. The molecule has 0 spiro atoms. The Kier molecular flexibility index (Phi) is 2.51. The van der Waals surface area contributed by atoms with Crippen LogP contribution in [0.5, 0.6) is 0 Å². The van der Waals surface area contributed by atoms with E-state index in [1.807, 2.05) is 18.2 Å². The quantitative estimate of drug-likeness (QED) is 0.544. The highest BCUT2D eigenvalue weighted by Gasteiger charge is 2.16. The normalized spacial score (nSPS) is 12.4. The molecule has 0 saturated heterocycles. The number of fused-ring (bicyclic) bond motifs is 1. The molecule has 1 aliphatic rings. The van der Waals surface area contributed by atoms with Crippen molar-refractivity contribution >= 4 is 17.9 Å². The Balaban J connectivity index is 2.24. The first kappa shape index (κ1) is 9.47. The first-order valence-corrected chi connectivity index (χ1v) is 4.65. The predicted molar refractivity (Wildman–Crippen MR) is 56.3 cm³/mol. The van der Waals surface area contributed by atoms with Crippen LogP contribution in [0.3, 0.4) is 0 Å². The standard InChI is InChI=1S/C12H9NO2/c14-6-2-1-3-9-4-5-10-8-12(15)13-11(10)7-9/h4-7H,2,8H2,(H,13,15). The number of anilines is 1. The van der Waals surface area contributed by atoms with E-state index in [4.69, 9.17) is 0 Å². The van der Waals surface area contributed by atoms with Gasteiger partial charge in [-0.2, -0.15) is 0 Å². The van der Waals surface area contributed by atoms with Crippen molar-refractivity contribution < 1.29 is 9.59 Å². The maximum Gasteiger partial charge on any atom is 0.228 e. The summed E-state index contributed by atoms with van der Waals surface area (Å²) in [5.74, 6) is 5.60. The summed E-state index contributed by atoms with van der Waals surface area (Å²) in [6.07, 6.45) is 1.45. The van der Waals surface area contributed by atoms with E-state index < -0.39 is 0 Å². The molecule has 3 heteroatoms. The number of carbonyl (C=O) groups is 2. The molecule has 0 radical (unpaired) electrons. The van der Waals surface area contributed by atoms with E-state index in [1.165, 1.54) is 0 Å². The Morgan fingerprint density at radius 2 is 2.33 bits per heavy atom. The van der Waals surface area contributed by atoms with E-state index in [0.717, 1.165) is 23.1 Å². The van der Waals surface area contributed by atoms with Gasteiger partial charge in [0.2, 0.25) is 5.91 Å². The molecule has 0 saturated carbocycles. The zero-order valence-corrected chi connectivity index (χ0v) is 8.04. The molecule has 0 aromatic heterocycles. The van der Waals surface area contributed by atoms with Gasteiger partial charge in [-0.15, -0.1) is 0 Å². The summed E-state index contributed by atoms with van der Waals surface area (Å²) in [6.45, 7) is 0. The Labute approximate surface area is 87.5 Å². The molecule has 3 nitrogen and oxygen atoms in total. The largest absolute Gasteiger partial charge is 0.325 e. The van der Waals surface area contributed by atoms with E-state index >= 15 is 0 Å². The van der Waals surface area contributed by atoms with Crippen LogP contribution in [0.4, 0.5) is 5.69 Å². The third-order valence-electron chi connectivity index (χ3n) is 2.15. The highest BCUT2D eigenvalue weighted by atomic mass is 16.1. The van der Waals surface area contributed by atoms with Crippen LogP contribution in [0.2, 0.25) is 0 Å². The van der Waals surface area contributed by atoms with Crippen LogP contribution in [0.1, 0.15) is 17.5 Å². The number of amides is 1. The summed E-state index contributed by atoms with van der Waals surface area (Å²) in [5, 5.41) is 2.75. The predicted octanol–water partition coefficient (Wildman–Crippen LogP) is 1.12. The van der Waals surface area contributed by atoms with Gasteiger partial charge in [-0.3, -0.25) is 4.79 Å². The summed E-state index contributed by atoms with van der Waals surface area (Å²) >= 11 is 0. The lowest BCUT2D eigenvalue weighted by Crippen LogP contribution is -2.03. The molecule has 1 aliphatic heterocycles. The molecule has 0 unspecified atom stereocenters. The first-order valence-electron chi connectivity index (χ1n) is 4.65. The lowest BCUT2D eigenvalue weighted by Gasteiger charge is -1.97. The minimum atomic E-state index is 0.0167. The summed E-state index contributed by atoms with van der Waals surface area (Å²) in [4.78, 5) is 21.1. The fourth-order valence-electron chi connectivity index (χ4n) is 1.49. The molecule has 0 aliphatic carbocycles. The topological polar surface area (TPSA) is 46.2 Å². The number of benzene rings is 1. The van der Waals surface area contributed by atoms with E-state index in [9.17, 15) is 9.59 Å². The fraction of sp³-hybridized carbons (Fsp3) is 0.167. The second kappa shape index (κ2) is 3.97. The van der Waals surface area contributed by atoms with Gasteiger partial charge < -0.3 is 10.1 Å². The zero-order valence-electron chi connectivity index (χ0n) is 8.04. The molecule has 1 aromatic rings. The number of nitrogens with one attached hydrogen (secondary N) is 1. The Morgan fingerprint density at radius 3 is 3.13 bits per heavy atom. The van der Waals surface area contributed by atoms with Gasteiger partial charge in [0.05, 0.1) is 12.8 Å². The second-order valence-electron chi connectivity index (χ2n) is 3.27. The van der Waals surface area contributed by atoms with Crippen molar-refractivity contribution in [2.45, 2.75) is 12.8 Å². The van der Waals surface area contributed by atoms with Gasteiger partial charge >= 0.3 is 0 Å². The van der Waals surface area contributed by atoms with Crippen molar-refractivity contribution in [1.82, 2.24) is 0 Å². The van der Waals surface area contributed by atoms with Crippen LogP contribution in [-0.4, -0.2) is 12.2 Å². The Morgan fingerprint density at radius 1 is 1.47 bits per heavy atom. The van der Waals surface area contributed by atoms with Gasteiger partial charge in [0.25, 0.3) is 0 Å². The van der Waals surface area contributed by atoms with Crippen molar-refractivity contribution in [1.29, 1.82) is 0 Å². The molecule has 1 amide bonds. The summed E-state index contributed by atoms with van der Waals surface area (Å²) in [6, 6.07) is 5.58. The molecular formula is C12H9NO2. The molecule has 0 atom stereocenters. The van der Waals surface area contributed by atoms with Crippen molar-refractivity contribution in [3.63, 3.8) is 0 Å². The molecule has 0 bridgehead atoms. The third kappa shape index (κ3) is 2.05. The fourth-order valence-corrected chi connectivity index (χ4v) is 1.49. The average Bonchev–Trinajstić information content (AvgIpc) is 2.57. The van der Waals surface area contributed by atoms with Gasteiger partial charge in [0, 0.05) is 11.3 Å². The third-order valence-corrected chi connectivity index (χ3v) is 2.15. The molecular weight excluding hydrogens is 190 g/mol. The average molecular weight is 199 g/mol. The smallest absolute Gasteiger partial charge is 0.228 e. The monoisotopic (exact) mass is 199 g/mol. The van der Waals surface area contributed by atoms with Gasteiger partial charge in [-0.1, -0.05) is 17.9 Å². The number of hydrogen-bond acceptors (Lipinski definition) is 2. The number of rotatable bonds is 1. The van der Waals surface area contributed by atoms with E-state index in [-0.39, 0.29) is 12.3 Å². The molecule has 1 N–H and O–H groups in total. The Hall–Kier alpha value is -2.08. The number of carbonyl (C=O) groups excluding carboxylic acids is 2. The second-order valence-corrected chi connectivity index (χ2v) is 3.27. The van der Waals surface area contributed by atoms with Crippen LogP contribution < -0.4 is 5.32 Å². The van der Waals surface area contributed by atoms with Gasteiger partial charge in [-0.05, 0) is 17.7 Å². The van der Waals surface area contributed by atoms with Gasteiger partial charge in [0.15, 0.2) is 0 Å². The maximum atomic E-state index is 11.1. The summed E-state index contributed by atoms with van der Waals surface area (Å²) in [5.41, 5.74) is 2.65. The SMILES string of the molecule is O=CCC#Cc1ccc2c(c1)NC(=O)C2. The van der Waals surface area contributed by atoms with Crippen molar-refractivity contribution in [2.75, 3.05) is 5.32 Å². The van der Waals surface area contributed by atoms with E-state index in [1.54, 1.807) is 0 Å². The number of hydrogen-bond donors (Lipinski definition) is 1. The molecule has 15 heavy (non-hydrogen) atoms. The van der Waals surface area contributed by atoms with Gasteiger partial charge in [-0.25, -0.2) is 0 Å². The van der Waals surface area contributed by atoms with Crippen LogP contribution >= 0.6 is 0 Å². The van der Waals surface area contributed by atoms with Crippen LogP contribution in [-0.2, 0) is 16.0 Å².